The van der Waals surface area contributed by atoms with Crippen LogP contribution in [-0.4, -0.2) is 36.5 Å². The number of piperidine rings is 1. The van der Waals surface area contributed by atoms with Gasteiger partial charge in [0.1, 0.15) is 5.82 Å². The Kier molecular flexibility index (Phi) is 6.58. The predicted molar refractivity (Wildman–Crippen MR) is 92.2 cm³/mol. The number of benzene rings is 1. The summed E-state index contributed by atoms with van der Waals surface area (Å²) in [4.78, 5) is 25.5. The maximum atomic E-state index is 12.9. The van der Waals surface area contributed by atoms with E-state index < -0.39 is 0 Å². The van der Waals surface area contributed by atoms with Gasteiger partial charge in [-0.1, -0.05) is 13.8 Å². The molecule has 3 amide bonds. The first kappa shape index (κ1) is 18.2. The van der Waals surface area contributed by atoms with Crippen molar-refractivity contribution in [2.75, 3.05) is 25.0 Å². The van der Waals surface area contributed by atoms with Crippen molar-refractivity contribution in [1.29, 1.82) is 0 Å². The average molecular weight is 335 g/mol. The number of amides is 3. The Labute approximate surface area is 142 Å². The molecule has 0 unspecified atom stereocenters. The molecule has 1 aromatic carbocycles. The lowest BCUT2D eigenvalue weighted by molar-refractivity contribution is -0.124. The van der Waals surface area contributed by atoms with Crippen LogP contribution in [0.15, 0.2) is 24.3 Å². The molecule has 1 aliphatic rings. The third-order valence-electron chi connectivity index (χ3n) is 4.37. The van der Waals surface area contributed by atoms with Crippen molar-refractivity contribution in [3.63, 3.8) is 0 Å². The van der Waals surface area contributed by atoms with Gasteiger partial charge in [-0.3, -0.25) is 4.79 Å². The molecule has 0 spiro atoms. The summed E-state index contributed by atoms with van der Waals surface area (Å²) in [6, 6.07) is 5.61. The van der Waals surface area contributed by atoms with Gasteiger partial charge in [0.2, 0.25) is 5.91 Å². The van der Waals surface area contributed by atoms with E-state index in [1.54, 1.807) is 17.0 Å². The van der Waals surface area contributed by atoms with Crippen molar-refractivity contribution >= 4 is 17.6 Å². The molecular weight excluding hydrogens is 309 g/mol. The number of anilines is 1. The van der Waals surface area contributed by atoms with Crippen LogP contribution >= 0.6 is 0 Å². The van der Waals surface area contributed by atoms with E-state index in [4.69, 9.17) is 0 Å². The van der Waals surface area contributed by atoms with Crippen LogP contribution in [0.25, 0.3) is 0 Å². The largest absolute Gasteiger partial charge is 0.356 e. The Balaban J connectivity index is 1.69. The number of rotatable bonds is 5. The fourth-order valence-corrected chi connectivity index (χ4v) is 2.76. The highest BCUT2D eigenvalue weighted by Gasteiger charge is 2.22. The molecule has 0 aliphatic carbocycles. The van der Waals surface area contributed by atoms with E-state index in [0.29, 0.717) is 31.2 Å². The zero-order valence-corrected chi connectivity index (χ0v) is 14.3. The van der Waals surface area contributed by atoms with Gasteiger partial charge in [0.15, 0.2) is 0 Å². The minimum absolute atomic E-state index is 0.0157. The first-order chi connectivity index (χ1) is 11.5. The summed E-state index contributed by atoms with van der Waals surface area (Å²) in [6.07, 6.45) is 2.83. The van der Waals surface area contributed by atoms with Crippen LogP contribution in [0.1, 0.15) is 33.1 Å². The molecule has 0 atom stereocenters. The second-order valence-electron chi connectivity index (χ2n) is 6.60. The number of halogens is 1. The van der Waals surface area contributed by atoms with Gasteiger partial charge in [0, 0.05) is 31.2 Å². The summed E-state index contributed by atoms with van der Waals surface area (Å²) in [5, 5.41) is 5.73. The summed E-state index contributed by atoms with van der Waals surface area (Å²) in [6.45, 7) is 5.87. The van der Waals surface area contributed by atoms with Gasteiger partial charge in [-0.05, 0) is 49.4 Å². The van der Waals surface area contributed by atoms with Crippen molar-refractivity contribution in [3.05, 3.63) is 30.1 Å². The average Bonchev–Trinajstić information content (AvgIpc) is 2.57. The topological polar surface area (TPSA) is 61.4 Å². The lowest BCUT2D eigenvalue weighted by atomic mass is 9.93. The molecule has 0 bridgehead atoms. The van der Waals surface area contributed by atoms with E-state index in [2.05, 4.69) is 10.6 Å². The van der Waals surface area contributed by atoms with Crippen LogP contribution in [0.5, 0.6) is 0 Å². The Hall–Kier alpha value is -2.11. The van der Waals surface area contributed by atoms with Gasteiger partial charge >= 0.3 is 6.03 Å². The maximum absolute atomic E-state index is 12.9. The molecule has 1 aromatic rings. The molecule has 1 saturated heterocycles. The SMILES string of the molecule is CC(C)C(=O)NCCC1CCN(C(=O)Nc2ccc(F)cc2)CC1. The van der Waals surface area contributed by atoms with Crippen molar-refractivity contribution < 1.29 is 14.0 Å². The Morgan fingerprint density at radius 3 is 2.42 bits per heavy atom. The molecule has 1 aliphatic heterocycles. The quantitative estimate of drug-likeness (QED) is 0.868. The zero-order valence-electron chi connectivity index (χ0n) is 14.3. The van der Waals surface area contributed by atoms with E-state index in [1.165, 1.54) is 12.1 Å². The standard InChI is InChI=1S/C18H26FN3O2/c1-13(2)17(23)20-10-7-14-8-11-22(12-9-14)18(24)21-16-5-3-15(19)4-6-16/h3-6,13-14H,7-12H2,1-2H3,(H,20,23)(H,21,24). The van der Waals surface area contributed by atoms with Gasteiger partial charge in [0.05, 0.1) is 0 Å². The first-order valence-electron chi connectivity index (χ1n) is 8.55. The molecule has 5 nitrogen and oxygen atoms in total. The van der Waals surface area contributed by atoms with Gasteiger partial charge in [0.25, 0.3) is 0 Å². The second-order valence-corrected chi connectivity index (χ2v) is 6.60. The van der Waals surface area contributed by atoms with Crippen LogP contribution in [0, 0.1) is 17.7 Å². The number of urea groups is 1. The molecule has 2 rings (SSSR count). The van der Waals surface area contributed by atoms with Gasteiger partial charge in [-0.25, -0.2) is 9.18 Å². The fourth-order valence-electron chi connectivity index (χ4n) is 2.76. The first-order valence-corrected chi connectivity index (χ1v) is 8.55. The van der Waals surface area contributed by atoms with Crippen LogP contribution in [-0.2, 0) is 4.79 Å². The number of hydrogen-bond donors (Lipinski definition) is 2. The van der Waals surface area contributed by atoms with Crippen LogP contribution < -0.4 is 10.6 Å². The number of carbonyl (C=O) groups excluding carboxylic acids is 2. The minimum Gasteiger partial charge on any atom is -0.356 e. The molecule has 132 valence electrons. The van der Waals surface area contributed by atoms with Crippen molar-refractivity contribution in [3.8, 4) is 0 Å². The van der Waals surface area contributed by atoms with Gasteiger partial charge in [-0.15, -0.1) is 0 Å². The Morgan fingerprint density at radius 2 is 1.83 bits per heavy atom. The Morgan fingerprint density at radius 1 is 1.21 bits per heavy atom. The van der Waals surface area contributed by atoms with Gasteiger partial charge < -0.3 is 15.5 Å². The van der Waals surface area contributed by atoms with Crippen molar-refractivity contribution in [2.45, 2.75) is 33.1 Å². The van der Waals surface area contributed by atoms with E-state index in [9.17, 15) is 14.0 Å². The fraction of sp³-hybridized carbons (Fsp3) is 0.556. The summed E-state index contributed by atoms with van der Waals surface area (Å²) in [7, 11) is 0. The number of nitrogens with zero attached hydrogens (tertiary/aromatic N) is 1. The van der Waals surface area contributed by atoms with E-state index >= 15 is 0 Å². The predicted octanol–water partition coefficient (Wildman–Crippen LogP) is 3.23. The monoisotopic (exact) mass is 335 g/mol. The lowest BCUT2D eigenvalue weighted by Gasteiger charge is -2.32. The molecule has 0 aromatic heterocycles. The normalized spacial score (nSPS) is 15.4. The van der Waals surface area contributed by atoms with Crippen LogP contribution in [0.3, 0.4) is 0 Å². The van der Waals surface area contributed by atoms with Crippen LogP contribution in [0.2, 0.25) is 0 Å². The molecular formula is C18H26FN3O2. The summed E-state index contributed by atoms with van der Waals surface area (Å²) < 4.78 is 12.9. The highest BCUT2D eigenvalue weighted by atomic mass is 19.1. The second kappa shape index (κ2) is 8.66. The Bertz CT molecular complexity index is 552. The van der Waals surface area contributed by atoms with Gasteiger partial charge in [-0.2, -0.15) is 0 Å². The molecule has 1 heterocycles. The van der Waals surface area contributed by atoms with Crippen LogP contribution in [0.4, 0.5) is 14.9 Å². The van der Waals surface area contributed by atoms with E-state index in [-0.39, 0.29) is 23.7 Å². The van der Waals surface area contributed by atoms with E-state index in [1.807, 2.05) is 13.8 Å². The molecule has 24 heavy (non-hydrogen) atoms. The summed E-state index contributed by atoms with van der Waals surface area (Å²) in [5.74, 6) is 0.318. The third kappa shape index (κ3) is 5.51. The molecule has 6 heteroatoms. The van der Waals surface area contributed by atoms with E-state index in [0.717, 1.165) is 19.3 Å². The highest BCUT2D eigenvalue weighted by Crippen LogP contribution is 2.21. The molecule has 1 fully saturated rings. The van der Waals surface area contributed by atoms with Crippen molar-refractivity contribution in [1.82, 2.24) is 10.2 Å². The molecule has 0 radical (unpaired) electrons. The zero-order chi connectivity index (χ0) is 17.5. The molecule has 2 N–H and O–H groups in total. The lowest BCUT2D eigenvalue weighted by Crippen LogP contribution is -2.41. The highest BCUT2D eigenvalue weighted by molar-refractivity contribution is 5.89. The smallest absolute Gasteiger partial charge is 0.321 e. The number of hydrogen-bond acceptors (Lipinski definition) is 2. The van der Waals surface area contributed by atoms with Crippen molar-refractivity contribution in [2.24, 2.45) is 11.8 Å². The number of nitrogens with one attached hydrogen (secondary N) is 2. The number of likely N-dealkylation sites (tertiary alicyclic amines) is 1. The summed E-state index contributed by atoms with van der Waals surface area (Å²) >= 11 is 0. The maximum Gasteiger partial charge on any atom is 0.321 e. The summed E-state index contributed by atoms with van der Waals surface area (Å²) in [5.41, 5.74) is 0.597. The third-order valence-corrected chi connectivity index (χ3v) is 4.37. The number of carbonyl (C=O) groups is 2. The minimum atomic E-state index is -0.321. The molecule has 0 saturated carbocycles.